The van der Waals surface area contributed by atoms with Crippen LogP contribution in [0, 0.1) is 6.92 Å². The average molecular weight is 228 g/mol. The predicted octanol–water partition coefficient (Wildman–Crippen LogP) is 3.85. The van der Waals surface area contributed by atoms with Gasteiger partial charge in [0.05, 0.1) is 0 Å². The van der Waals surface area contributed by atoms with Gasteiger partial charge < -0.3 is 0 Å². The molecule has 1 aromatic heterocycles. The topological polar surface area (TPSA) is 17.1 Å². The van der Waals surface area contributed by atoms with Gasteiger partial charge in [0.15, 0.2) is 5.78 Å². The van der Waals surface area contributed by atoms with Crippen LogP contribution in [0.3, 0.4) is 0 Å². The quantitative estimate of drug-likeness (QED) is 0.724. The van der Waals surface area contributed by atoms with Crippen molar-refractivity contribution in [1.82, 2.24) is 0 Å². The molecule has 0 N–H and O–H groups in total. The fourth-order valence-corrected chi connectivity index (χ4v) is 3.06. The van der Waals surface area contributed by atoms with Crippen molar-refractivity contribution in [1.29, 1.82) is 0 Å². The summed E-state index contributed by atoms with van der Waals surface area (Å²) in [6.45, 7) is 2.12. The Kier molecular flexibility index (Phi) is 2.18. The van der Waals surface area contributed by atoms with E-state index in [1.807, 2.05) is 6.07 Å². The minimum absolute atomic E-state index is 0.295. The molecule has 2 aromatic rings. The molecular formula is C14H12OS. The standard InChI is InChI=1S/C14H12OS/c1-9-2-7-14(16-9)11-3-5-12-10(8-11)4-6-13(12)15/h2-3,5,7-8H,4,6H2,1H3. The molecule has 1 heterocycles. The second-order valence-electron chi connectivity index (χ2n) is 4.21. The minimum atomic E-state index is 0.295. The number of aryl methyl sites for hydroxylation is 2. The fourth-order valence-electron chi connectivity index (χ4n) is 2.20. The van der Waals surface area contributed by atoms with Crippen molar-refractivity contribution in [3.63, 3.8) is 0 Å². The van der Waals surface area contributed by atoms with Crippen LogP contribution < -0.4 is 0 Å². The number of fused-ring (bicyclic) bond motifs is 1. The molecule has 0 aliphatic heterocycles. The van der Waals surface area contributed by atoms with Gasteiger partial charge in [-0.3, -0.25) is 4.79 Å². The smallest absolute Gasteiger partial charge is 0.163 e. The van der Waals surface area contributed by atoms with Crippen LogP contribution in [0.1, 0.15) is 27.2 Å². The number of carbonyl (C=O) groups excluding carboxylic acids is 1. The lowest BCUT2D eigenvalue weighted by atomic mass is 10.1. The Bertz CT molecular complexity index is 566. The molecule has 1 aliphatic carbocycles. The van der Waals surface area contributed by atoms with Gasteiger partial charge in [-0.05, 0) is 42.7 Å². The van der Waals surface area contributed by atoms with Crippen molar-refractivity contribution >= 4 is 17.1 Å². The third-order valence-electron chi connectivity index (χ3n) is 3.05. The van der Waals surface area contributed by atoms with Crippen LogP contribution in [0.25, 0.3) is 10.4 Å². The molecule has 0 saturated carbocycles. The number of Topliss-reactive ketones (excluding diaryl/α,β-unsaturated/α-hetero) is 1. The van der Waals surface area contributed by atoms with E-state index in [1.165, 1.54) is 20.9 Å². The monoisotopic (exact) mass is 228 g/mol. The summed E-state index contributed by atoms with van der Waals surface area (Å²) in [6, 6.07) is 10.5. The second kappa shape index (κ2) is 3.56. The zero-order valence-electron chi connectivity index (χ0n) is 9.12. The van der Waals surface area contributed by atoms with Gasteiger partial charge in [-0.25, -0.2) is 0 Å². The molecule has 16 heavy (non-hydrogen) atoms. The van der Waals surface area contributed by atoms with E-state index in [4.69, 9.17) is 0 Å². The summed E-state index contributed by atoms with van der Waals surface area (Å²) in [6.07, 6.45) is 1.59. The first kappa shape index (κ1) is 9.79. The maximum absolute atomic E-state index is 11.5. The lowest BCUT2D eigenvalue weighted by Gasteiger charge is -2.01. The van der Waals surface area contributed by atoms with E-state index in [-0.39, 0.29) is 0 Å². The fraction of sp³-hybridized carbons (Fsp3) is 0.214. The summed E-state index contributed by atoms with van der Waals surface area (Å²) in [5.41, 5.74) is 3.39. The number of ketones is 1. The third-order valence-corrected chi connectivity index (χ3v) is 4.10. The van der Waals surface area contributed by atoms with E-state index in [2.05, 4.69) is 31.2 Å². The van der Waals surface area contributed by atoms with Gasteiger partial charge >= 0.3 is 0 Å². The lowest BCUT2D eigenvalue weighted by Crippen LogP contribution is -1.90. The molecule has 0 saturated heterocycles. The average Bonchev–Trinajstić information content (AvgIpc) is 2.86. The van der Waals surface area contributed by atoms with E-state index >= 15 is 0 Å². The molecule has 0 bridgehead atoms. The van der Waals surface area contributed by atoms with Crippen LogP contribution in [-0.4, -0.2) is 5.78 Å². The molecule has 80 valence electrons. The first-order valence-electron chi connectivity index (χ1n) is 5.47. The Morgan fingerprint density at radius 1 is 1.12 bits per heavy atom. The number of hydrogen-bond acceptors (Lipinski definition) is 2. The summed E-state index contributed by atoms with van der Waals surface area (Å²) in [7, 11) is 0. The number of hydrogen-bond donors (Lipinski definition) is 0. The molecule has 0 spiro atoms. The van der Waals surface area contributed by atoms with Gasteiger partial charge in [0, 0.05) is 21.7 Å². The van der Waals surface area contributed by atoms with Crippen LogP contribution in [0.5, 0.6) is 0 Å². The normalized spacial score (nSPS) is 14.2. The summed E-state index contributed by atoms with van der Waals surface area (Å²) < 4.78 is 0. The first-order chi connectivity index (χ1) is 7.74. The molecular weight excluding hydrogens is 216 g/mol. The minimum Gasteiger partial charge on any atom is -0.294 e. The number of rotatable bonds is 1. The van der Waals surface area contributed by atoms with Gasteiger partial charge in [0.1, 0.15) is 0 Å². The Balaban J connectivity index is 2.08. The molecule has 0 atom stereocenters. The van der Waals surface area contributed by atoms with E-state index in [0.29, 0.717) is 12.2 Å². The Labute approximate surface area is 98.7 Å². The molecule has 1 nitrogen and oxygen atoms in total. The summed E-state index contributed by atoms with van der Waals surface area (Å²) in [5.74, 6) is 0.295. The molecule has 3 rings (SSSR count). The molecule has 0 amide bonds. The van der Waals surface area contributed by atoms with Gasteiger partial charge in [-0.2, -0.15) is 0 Å². The van der Waals surface area contributed by atoms with Crippen molar-refractivity contribution in [2.75, 3.05) is 0 Å². The van der Waals surface area contributed by atoms with E-state index in [1.54, 1.807) is 11.3 Å². The molecule has 0 unspecified atom stereocenters. The number of thiophene rings is 1. The SMILES string of the molecule is Cc1ccc(-c2ccc3c(c2)CCC3=O)s1. The molecule has 1 aromatic carbocycles. The van der Waals surface area contributed by atoms with Crippen LogP contribution in [0.2, 0.25) is 0 Å². The van der Waals surface area contributed by atoms with E-state index < -0.39 is 0 Å². The van der Waals surface area contributed by atoms with Gasteiger partial charge in [-0.1, -0.05) is 12.1 Å². The molecule has 0 fully saturated rings. The second-order valence-corrected chi connectivity index (χ2v) is 5.49. The maximum Gasteiger partial charge on any atom is 0.163 e. The summed E-state index contributed by atoms with van der Waals surface area (Å²) in [5, 5.41) is 0. The van der Waals surface area contributed by atoms with Crippen LogP contribution >= 0.6 is 11.3 Å². The van der Waals surface area contributed by atoms with E-state index in [9.17, 15) is 4.79 Å². The molecule has 1 aliphatic rings. The van der Waals surface area contributed by atoms with Gasteiger partial charge in [0.2, 0.25) is 0 Å². The van der Waals surface area contributed by atoms with Crippen molar-refractivity contribution in [3.8, 4) is 10.4 Å². The Hall–Kier alpha value is -1.41. The molecule has 0 radical (unpaired) electrons. The van der Waals surface area contributed by atoms with Crippen LogP contribution in [-0.2, 0) is 6.42 Å². The predicted molar refractivity (Wildman–Crippen MR) is 67.1 cm³/mol. The maximum atomic E-state index is 11.5. The number of carbonyl (C=O) groups is 1. The zero-order valence-corrected chi connectivity index (χ0v) is 9.93. The summed E-state index contributed by atoms with van der Waals surface area (Å²) >= 11 is 1.80. The lowest BCUT2D eigenvalue weighted by molar-refractivity contribution is 0.0994. The highest BCUT2D eigenvalue weighted by Gasteiger charge is 2.19. The van der Waals surface area contributed by atoms with Crippen molar-refractivity contribution < 1.29 is 4.79 Å². The third kappa shape index (κ3) is 1.50. The van der Waals surface area contributed by atoms with E-state index in [0.717, 1.165) is 12.0 Å². The van der Waals surface area contributed by atoms with Crippen LogP contribution in [0.4, 0.5) is 0 Å². The van der Waals surface area contributed by atoms with Crippen molar-refractivity contribution in [2.24, 2.45) is 0 Å². The van der Waals surface area contributed by atoms with Gasteiger partial charge in [0.25, 0.3) is 0 Å². The highest BCUT2D eigenvalue weighted by Crippen LogP contribution is 2.31. The Morgan fingerprint density at radius 3 is 2.75 bits per heavy atom. The number of benzene rings is 1. The van der Waals surface area contributed by atoms with Gasteiger partial charge in [-0.15, -0.1) is 11.3 Å². The summed E-state index contributed by atoms with van der Waals surface area (Å²) in [4.78, 5) is 14.1. The zero-order chi connectivity index (χ0) is 11.1. The highest BCUT2D eigenvalue weighted by molar-refractivity contribution is 7.15. The van der Waals surface area contributed by atoms with Crippen molar-refractivity contribution in [2.45, 2.75) is 19.8 Å². The largest absolute Gasteiger partial charge is 0.294 e. The Morgan fingerprint density at radius 2 is 2.00 bits per heavy atom. The first-order valence-corrected chi connectivity index (χ1v) is 6.28. The van der Waals surface area contributed by atoms with Crippen LogP contribution in [0.15, 0.2) is 30.3 Å². The molecule has 2 heteroatoms. The van der Waals surface area contributed by atoms with Crippen molar-refractivity contribution in [3.05, 3.63) is 46.3 Å². The highest BCUT2D eigenvalue weighted by atomic mass is 32.1.